The Labute approximate surface area is 169 Å². The summed E-state index contributed by atoms with van der Waals surface area (Å²) in [5.74, 6) is 0.798. The second kappa shape index (κ2) is 7.68. The van der Waals surface area contributed by atoms with Gasteiger partial charge in [-0.3, -0.25) is 4.79 Å². The van der Waals surface area contributed by atoms with Crippen LogP contribution in [-0.2, 0) is 14.8 Å². The number of nitrogens with one attached hydrogen (secondary N) is 1. The third kappa shape index (κ3) is 3.44. The largest absolute Gasteiger partial charge is 0.352 e. The molecular formula is C19H26N4O3S2. The van der Waals surface area contributed by atoms with Gasteiger partial charge >= 0.3 is 0 Å². The first-order chi connectivity index (χ1) is 13.4. The van der Waals surface area contributed by atoms with Crippen LogP contribution < -0.4 is 5.32 Å². The van der Waals surface area contributed by atoms with Gasteiger partial charge in [-0.25, -0.2) is 8.42 Å². The average Bonchev–Trinajstić information content (AvgIpc) is 3.34. The molecule has 7 nitrogen and oxygen atoms in total. The van der Waals surface area contributed by atoms with E-state index >= 15 is 0 Å². The van der Waals surface area contributed by atoms with Gasteiger partial charge in [0.1, 0.15) is 22.0 Å². The van der Waals surface area contributed by atoms with Gasteiger partial charge in [0.25, 0.3) is 0 Å². The summed E-state index contributed by atoms with van der Waals surface area (Å²) in [7, 11) is -3.82. The van der Waals surface area contributed by atoms with Gasteiger partial charge in [-0.1, -0.05) is 32.8 Å². The summed E-state index contributed by atoms with van der Waals surface area (Å²) in [6.45, 7) is 4.75. The van der Waals surface area contributed by atoms with E-state index in [1.54, 1.807) is 18.2 Å². The van der Waals surface area contributed by atoms with Crippen LogP contribution in [0.5, 0.6) is 0 Å². The molecule has 4 rings (SSSR count). The predicted molar refractivity (Wildman–Crippen MR) is 108 cm³/mol. The Morgan fingerprint density at radius 3 is 2.82 bits per heavy atom. The van der Waals surface area contributed by atoms with E-state index in [-0.39, 0.29) is 16.8 Å². The standard InChI is InChI=1S/C19H26N4O3S2/c1-12-6-3-7-14(13(12)2)20-19(24)16-9-5-11-23(16)28(25,26)17-10-4-8-15-18(17)22-27-21-15/h4,8,10,12-14,16H,3,5-7,9,11H2,1-2H3,(H,20,24)/t12-,13-,14+,16+/m1/s1. The Kier molecular flexibility index (Phi) is 5.41. The number of benzene rings is 1. The molecule has 2 aliphatic rings. The number of carbonyl (C=O) groups excluding carboxylic acids is 1. The number of nitrogens with zero attached hydrogens (tertiary/aromatic N) is 3. The van der Waals surface area contributed by atoms with Crippen LogP contribution in [0, 0.1) is 11.8 Å². The van der Waals surface area contributed by atoms with Crippen LogP contribution in [-0.4, -0.2) is 46.0 Å². The highest BCUT2D eigenvalue weighted by atomic mass is 32.2. The fourth-order valence-electron chi connectivity index (χ4n) is 4.47. The zero-order chi connectivity index (χ0) is 19.9. The molecule has 0 bridgehead atoms. The molecule has 1 aliphatic carbocycles. The molecule has 4 atom stereocenters. The normalized spacial score (nSPS) is 29.2. The summed E-state index contributed by atoms with van der Waals surface area (Å²) >= 11 is 0.994. The van der Waals surface area contributed by atoms with Gasteiger partial charge < -0.3 is 5.32 Å². The SMILES string of the molecule is C[C@@H]1[C@H](C)CCC[C@@H]1NC(=O)[C@@H]1CCCN1S(=O)(=O)c1cccc2nsnc12. The van der Waals surface area contributed by atoms with Gasteiger partial charge in [0.05, 0.1) is 11.7 Å². The van der Waals surface area contributed by atoms with E-state index in [2.05, 4.69) is 27.9 Å². The lowest BCUT2D eigenvalue weighted by Crippen LogP contribution is -2.51. The van der Waals surface area contributed by atoms with Crippen molar-refractivity contribution in [2.75, 3.05) is 6.54 Å². The number of aromatic nitrogens is 2. The lowest BCUT2D eigenvalue weighted by atomic mass is 9.78. The minimum absolute atomic E-state index is 0.118. The first-order valence-electron chi connectivity index (χ1n) is 9.93. The number of carbonyl (C=O) groups is 1. The molecule has 2 heterocycles. The maximum atomic E-state index is 13.4. The highest BCUT2D eigenvalue weighted by molar-refractivity contribution is 7.89. The topological polar surface area (TPSA) is 92.3 Å². The number of amides is 1. The number of rotatable bonds is 4. The Morgan fingerprint density at radius 1 is 1.18 bits per heavy atom. The zero-order valence-corrected chi connectivity index (χ0v) is 17.8. The van der Waals surface area contributed by atoms with E-state index in [9.17, 15) is 13.2 Å². The molecule has 0 spiro atoms. The molecule has 1 amide bonds. The molecule has 1 aliphatic heterocycles. The number of hydrogen-bond donors (Lipinski definition) is 1. The minimum atomic E-state index is -3.82. The van der Waals surface area contributed by atoms with E-state index < -0.39 is 16.1 Å². The highest BCUT2D eigenvalue weighted by Crippen LogP contribution is 2.32. The first-order valence-corrected chi connectivity index (χ1v) is 12.1. The summed E-state index contributed by atoms with van der Waals surface area (Å²) < 4.78 is 36.4. The van der Waals surface area contributed by atoms with Gasteiger partial charge in [0.15, 0.2) is 0 Å². The molecule has 2 fully saturated rings. The molecule has 28 heavy (non-hydrogen) atoms. The third-order valence-corrected chi connectivity index (χ3v) is 8.86. The fraction of sp³-hybridized carbons (Fsp3) is 0.632. The summed E-state index contributed by atoms with van der Waals surface area (Å²) in [5.41, 5.74) is 0.949. The molecule has 1 N–H and O–H groups in total. The van der Waals surface area contributed by atoms with Crippen molar-refractivity contribution in [3.63, 3.8) is 0 Å². The molecule has 1 aromatic carbocycles. The summed E-state index contributed by atoms with van der Waals surface area (Å²) in [6.07, 6.45) is 4.47. The molecule has 1 saturated carbocycles. The second-order valence-electron chi connectivity index (χ2n) is 8.04. The fourth-order valence-corrected chi connectivity index (χ4v) is 6.88. The van der Waals surface area contributed by atoms with Crippen molar-refractivity contribution >= 4 is 38.7 Å². The van der Waals surface area contributed by atoms with Crippen LogP contribution in [0.3, 0.4) is 0 Å². The minimum Gasteiger partial charge on any atom is -0.352 e. The molecule has 9 heteroatoms. The van der Waals surface area contributed by atoms with E-state index in [1.807, 2.05) is 0 Å². The zero-order valence-electron chi connectivity index (χ0n) is 16.2. The van der Waals surface area contributed by atoms with Crippen molar-refractivity contribution in [3.8, 4) is 0 Å². The third-order valence-electron chi connectivity index (χ3n) is 6.38. The lowest BCUT2D eigenvalue weighted by Gasteiger charge is -2.35. The predicted octanol–water partition coefficient (Wildman–Crippen LogP) is 2.79. The van der Waals surface area contributed by atoms with Gasteiger partial charge in [0, 0.05) is 12.6 Å². The smallest absolute Gasteiger partial charge is 0.246 e. The average molecular weight is 423 g/mol. The van der Waals surface area contributed by atoms with Crippen LogP contribution in [0.4, 0.5) is 0 Å². The summed E-state index contributed by atoms with van der Waals surface area (Å²) in [6, 6.07) is 4.44. The second-order valence-corrected chi connectivity index (χ2v) is 10.4. The molecular weight excluding hydrogens is 396 g/mol. The highest BCUT2D eigenvalue weighted by Gasteiger charge is 2.41. The molecule has 1 aromatic heterocycles. The maximum Gasteiger partial charge on any atom is 0.246 e. The molecule has 0 unspecified atom stereocenters. The van der Waals surface area contributed by atoms with Crippen molar-refractivity contribution in [1.82, 2.24) is 18.4 Å². The Hall–Kier alpha value is -1.58. The summed E-state index contributed by atoms with van der Waals surface area (Å²) in [4.78, 5) is 13.2. The number of fused-ring (bicyclic) bond motifs is 1. The monoisotopic (exact) mass is 422 g/mol. The summed E-state index contributed by atoms with van der Waals surface area (Å²) in [5, 5.41) is 3.16. The lowest BCUT2D eigenvalue weighted by molar-refractivity contribution is -0.125. The molecule has 152 valence electrons. The number of hydrogen-bond acceptors (Lipinski definition) is 6. The molecule has 2 aromatic rings. The van der Waals surface area contributed by atoms with Crippen LogP contribution in [0.1, 0.15) is 46.0 Å². The molecule has 1 saturated heterocycles. The van der Waals surface area contributed by atoms with Crippen molar-refractivity contribution in [2.45, 2.75) is 62.9 Å². The van der Waals surface area contributed by atoms with Crippen molar-refractivity contribution in [1.29, 1.82) is 0 Å². The van der Waals surface area contributed by atoms with Crippen LogP contribution in [0.15, 0.2) is 23.1 Å². The van der Waals surface area contributed by atoms with E-state index in [4.69, 9.17) is 0 Å². The van der Waals surface area contributed by atoms with Gasteiger partial charge in [-0.05, 0) is 43.2 Å². The van der Waals surface area contributed by atoms with Crippen molar-refractivity contribution in [3.05, 3.63) is 18.2 Å². The van der Waals surface area contributed by atoms with Gasteiger partial charge in [-0.2, -0.15) is 13.1 Å². The quantitative estimate of drug-likeness (QED) is 0.818. The first kappa shape index (κ1) is 19.7. The Morgan fingerprint density at radius 2 is 2.00 bits per heavy atom. The van der Waals surface area contributed by atoms with Crippen LogP contribution in [0.25, 0.3) is 11.0 Å². The van der Waals surface area contributed by atoms with Gasteiger partial charge in [0.2, 0.25) is 15.9 Å². The van der Waals surface area contributed by atoms with E-state index in [1.165, 1.54) is 10.7 Å². The van der Waals surface area contributed by atoms with Gasteiger partial charge in [-0.15, -0.1) is 0 Å². The Bertz CT molecular complexity index is 974. The Balaban J connectivity index is 1.57. The van der Waals surface area contributed by atoms with Crippen LogP contribution in [0.2, 0.25) is 0 Å². The van der Waals surface area contributed by atoms with Crippen molar-refractivity contribution < 1.29 is 13.2 Å². The van der Waals surface area contributed by atoms with Crippen molar-refractivity contribution in [2.24, 2.45) is 11.8 Å². The van der Waals surface area contributed by atoms with Crippen LogP contribution >= 0.6 is 11.7 Å². The van der Waals surface area contributed by atoms with E-state index in [0.29, 0.717) is 42.3 Å². The maximum absolute atomic E-state index is 13.4. The van der Waals surface area contributed by atoms with E-state index in [0.717, 1.165) is 24.6 Å². The molecule has 0 radical (unpaired) electrons. The number of sulfonamides is 1.